The van der Waals surface area contributed by atoms with Crippen LogP contribution in [0.4, 0.5) is 4.79 Å². The molecular formula is C17H26N2O3S. The van der Waals surface area contributed by atoms with Gasteiger partial charge in [0.25, 0.3) is 0 Å². The molecule has 1 fully saturated rings. The van der Waals surface area contributed by atoms with Crippen molar-refractivity contribution in [3.8, 4) is 0 Å². The van der Waals surface area contributed by atoms with E-state index in [1.165, 1.54) is 0 Å². The number of carbonyl (C=O) groups excluding carboxylic acids is 1. The quantitative estimate of drug-likeness (QED) is 0.886. The fourth-order valence-electron chi connectivity index (χ4n) is 2.92. The molecule has 0 saturated carbocycles. The van der Waals surface area contributed by atoms with E-state index in [1.54, 1.807) is 0 Å². The van der Waals surface area contributed by atoms with Gasteiger partial charge in [0.2, 0.25) is 0 Å². The van der Waals surface area contributed by atoms with Gasteiger partial charge in [-0.15, -0.1) is 0 Å². The van der Waals surface area contributed by atoms with Crippen LogP contribution in [0.5, 0.6) is 0 Å². The molecule has 1 heterocycles. The number of carbonyl (C=O) groups is 1. The molecule has 6 heteroatoms. The van der Waals surface area contributed by atoms with Crippen LogP contribution < -0.4 is 10.6 Å². The van der Waals surface area contributed by atoms with Gasteiger partial charge in [-0.1, -0.05) is 51.1 Å². The third kappa shape index (κ3) is 4.70. The van der Waals surface area contributed by atoms with Crippen molar-refractivity contribution < 1.29 is 13.2 Å². The summed E-state index contributed by atoms with van der Waals surface area (Å²) in [6, 6.07) is 9.32. The Bertz CT molecular complexity index is 636. The summed E-state index contributed by atoms with van der Waals surface area (Å²) in [7, 11) is -3.03. The number of benzene rings is 1. The SMILES string of the molecule is CC(C)(C)[C@@H](NC(=O)NC[C@@H]1CCCS1(=O)=O)c1ccccc1. The predicted molar refractivity (Wildman–Crippen MR) is 92.0 cm³/mol. The molecular weight excluding hydrogens is 312 g/mol. The van der Waals surface area contributed by atoms with Gasteiger partial charge in [0.15, 0.2) is 9.84 Å². The molecule has 0 aliphatic carbocycles. The minimum absolute atomic E-state index is 0.149. The van der Waals surface area contributed by atoms with Gasteiger partial charge in [0, 0.05) is 6.54 Å². The average Bonchev–Trinajstić information content (AvgIpc) is 2.81. The maximum atomic E-state index is 12.2. The first-order valence-corrected chi connectivity index (χ1v) is 9.72. The summed E-state index contributed by atoms with van der Waals surface area (Å²) in [4.78, 5) is 12.2. The highest BCUT2D eigenvalue weighted by atomic mass is 32.2. The Hall–Kier alpha value is -1.56. The largest absolute Gasteiger partial charge is 0.337 e. The Balaban J connectivity index is 1.99. The zero-order chi connectivity index (χ0) is 17.1. The van der Waals surface area contributed by atoms with E-state index in [2.05, 4.69) is 31.4 Å². The van der Waals surface area contributed by atoms with Crippen molar-refractivity contribution in [1.29, 1.82) is 0 Å². The van der Waals surface area contributed by atoms with Gasteiger partial charge in [-0.3, -0.25) is 0 Å². The van der Waals surface area contributed by atoms with E-state index < -0.39 is 15.1 Å². The van der Waals surface area contributed by atoms with Gasteiger partial charge in [0.1, 0.15) is 0 Å². The maximum Gasteiger partial charge on any atom is 0.315 e. The summed E-state index contributed by atoms with van der Waals surface area (Å²) < 4.78 is 23.6. The lowest BCUT2D eigenvalue weighted by Crippen LogP contribution is -2.45. The molecule has 0 radical (unpaired) electrons. The van der Waals surface area contributed by atoms with E-state index in [4.69, 9.17) is 0 Å². The highest BCUT2D eigenvalue weighted by Crippen LogP contribution is 2.32. The first kappa shape index (κ1) is 17.8. The smallest absolute Gasteiger partial charge is 0.315 e. The number of sulfone groups is 1. The van der Waals surface area contributed by atoms with Crippen LogP contribution in [-0.2, 0) is 9.84 Å². The summed E-state index contributed by atoms with van der Waals surface area (Å²) in [6.07, 6.45) is 1.31. The number of rotatable bonds is 4. The highest BCUT2D eigenvalue weighted by molar-refractivity contribution is 7.92. The fourth-order valence-corrected chi connectivity index (χ4v) is 4.69. The molecule has 23 heavy (non-hydrogen) atoms. The van der Waals surface area contributed by atoms with Gasteiger partial charge in [-0.25, -0.2) is 13.2 Å². The molecule has 1 aliphatic heterocycles. The van der Waals surface area contributed by atoms with Gasteiger partial charge >= 0.3 is 6.03 Å². The van der Waals surface area contributed by atoms with Crippen molar-refractivity contribution in [2.75, 3.05) is 12.3 Å². The molecule has 1 aromatic rings. The van der Waals surface area contributed by atoms with Crippen LogP contribution in [0.1, 0.15) is 45.2 Å². The number of amides is 2. The minimum atomic E-state index is -3.03. The molecule has 1 aromatic carbocycles. The first-order valence-electron chi connectivity index (χ1n) is 8.01. The molecule has 0 unspecified atom stereocenters. The molecule has 0 spiro atoms. The molecule has 2 rings (SSSR count). The molecule has 0 aromatic heterocycles. The van der Waals surface area contributed by atoms with Crippen LogP contribution in [0.2, 0.25) is 0 Å². The highest BCUT2D eigenvalue weighted by Gasteiger charge is 2.32. The third-order valence-corrected chi connectivity index (χ3v) is 6.50. The summed E-state index contributed by atoms with van der Waals surface area (Å²) in [5.41, 5.74) is 0.877. The van der Waals surface area contributed by atoms with Gasteiger partial charge < -0.3 is 10.6 Å². The lowest BCUT2D eigenvalue weighted by Gasteiger charge is -2.32. The Morgan fingerprint density at radius 1 is 1.26 bits per heavy atom. The second kappa shape index (κ2) is 6.91. The van der Waals surface area contributed by atoms with Crippen LogP contribution in [0.15, 0.2) is 30.3 Å². The molecule has 2 amide bonds. The van der Waals surface area contributed by atoms with Crippen molar-refractivity contribution in [3.05, 3.63) is 35.9 Å². The monoisotopic (exact) mass is 338 g/mol. The molecule has 5 nitrogen and oxygen atoms in total. The molecule has 2 N–H and O–H groups in total. The lowest BCUT2D eigenvalue weighted by molar-refractivity contribution is 0.218. The van der Waals surface area contributed by atoms with E-state index in [1.807, 2.05) is 30.3 Å². The van der Waals surface area contributed by atoms with Crippen LogP contribution >= 0.6 is 0 Å². The fraction of sp³-hybridized carbons (Fsp3) is 0.588. The summed E-state index contributed by atoms with van der Waals surface area (Å²) in [5, 5.41) is 5.26. The minimum Gasteiger partial charge on any atom is -0.337 e. The van der Waals surface area contributed by atoms with Crippen molar-refractivity contribution in [1.82, 2.24) is 10.6 Å². The molecule has 2 atom stereocenters. The van der Waals surface area contributed by atoms with E-state index in [0.29, 0.717) is 12.8 Å². The summed E-state index contributed by atoms with van der Waals surface area (Å²) in [6.45, 7) is 6.37. The number of hydrogen-bond acceptors (Lipinski definition) is 3. The van der Waals surface area contributed by atoms with Crippen LogP contribution in [-0.4, -0.2) is 32.0 Å². The van der Waals surface area contributed by atoms with Crippen LogP contribution in [0, 0.1) is 5.41 Å². The average molecular weight is 338 g/mol. The van der Waals surface area contributed by atoms with Crippen molar-refractivity contribution in [3.63, 3.8) is 0 Å². The second-order valence-electron chi connectivity index (χ2n) is 7.20. The molecule has 0 bridgehead atoms. The second-order valence-corrected chi connectivity index (χ2v) is 9.60. The predicted octanol–water partition coefficient (Wildman–Crippen LogP) is 2.65. The number of hydrogen-bond donors (Lipinski definition) is 2. The zero-order valence-electron chi connectivity index (χ0n) is 14.0. The van der Waals surface area contributed by atoms with Crippen LogP contribution in [0.3, 0.4) is 0 Å². The Labute approximate surface area is 138 Å². The van der Waals surface area contributed by atoms with Crippen molar-refractivity contribution in [2.24, 2.45) is 5.41 Å². The van der Waals surface area contributed by atoms with Gasteiger partial charge in [-0.2, -0.15) is 0 Å². The number of nitrogens with one attached hydrogen (secondary N) is 2. The van der Waals surface area contributed by atoms with Crippen LogP contribution in [0.25, 0.3) is 0 Å². The lowest BCUT2D eigenvalue weighted by atomic mass is 9.82. The third-order valence-electron chi connectivity index (χ3n) is 4.23. The Kier molecular flexibility index (Phi) is 5.34. The standard InChI is InChI=1S/C17H26N2O3S/c1-17(2,3)15(13-8-5-4-6-9-13)19-16(20)18-12-14-10-7-11-23(14,21)22/h4-6,8-9,14-15H,7,10-12H2,1-3H3,(H2,18,19,20)/t14-,15-/m0/s1. The van der Waals surface area contributed by atoms with E-state index in [9.17, 15) is 13.2 Å². The van der Waals surface area contributed by atoms with E-state index in [-0.39, 0.29) is 29.8 Å². The van der Waals surface area contributed by atoms with Gasteiger partial charge in [-0.05, 0) is 23.8 Å². The zero-order valence-corrected chi connectivity index (χ0v) is 14.8. The first-order chi connectivity index (χ1) is 10.7. The van der Waals surface area contributed by atoms with Crippen molar-refractivity contribution >= 4 is 15.9 Å². The van der Waals surface area contributed by atoms with E-state index >= 15 is 0 Å². The van der Waals surface area contributed by atoms with Crippen molar-refractivity contribution in [2.45, 2.75) is 44.9 Å². The summed E-state index contributed by atoms with van der Waals surface area (Å²) >= 11 is 0. The van der Waals surface area contributed by atoms with Gasteiger partial charge in [0.05, 0.1) is 17.0 Å². The summed E-state index contributed by atoms with van der Waals surface area (Å²) in [5.74, 6) is 0.232. The topological polar surface area (TPSA) is 75.3 Å². The Morgan fingerprint density at radius 3 is 2.43 bits per heavy atom. The molecule has 128 valence electrons. The van der Waals surface area contributed by atoms with E-state index in [0.717, 1.165) is 5.56 Å². The maximum absolute atomic E-state index is 12.2. The molecule has 1 aliphatic rings. The molecule has 1 saturated heterocycles. The Morgan fingerprint density at radius 2 is 1.91 bits per heavy atom. The number of urea groups is 1. The normalized spacial score (nSPS) is 21.6.